The molecular weight excluding hydrogens is 458 g/mol. The fourth-order valence-electron chi connectivity index (χ4n) is 8.09. The number of nitrogens with zero attached hydrogens (tertiary/aromatic N) is 1. The monoisotopic (exact) mass is 497 g/mol. The molecule has 196 valence electrons. The zero-order chi connectivity index (χ0) is 25.1. The minimum absolute atomic E-state index is 0.0168. The summed E-state index contributed by atoms with van der Waals surface area (Å²) in [5.41, 5.74) is 0.131. The van der Waals surface area contributed by atoms with Crippen molar-refractivity contribution in [1.82, 2.24) is 4.90 Å². The quantitative estimate of drug-likeness (QED) is 0.451. The highest BCUT2D eigenvalue weighted by molar-refractivity contribution is 5.94. The van der Waals surface area contributed by atoms with Crippen molar-refractivity contribution in [3.63, 3.8) is 0 Å². The lowest BCUT2D eigenvalue weighted by Gasteiger charge is -2.57. The smallest absolute Gasteiger partial charge is 0.345 e. The van der Waals surface area contributed by atoms with E-state index >= 15 is 0 Å². The second kappa shape index (κ2) is 9.34. The molecule has 2 N–H and O–H groups in total. The summed E-state index contributed by atoms with van der Waals surface area (Å²) in [5.74, 6) is 3.02. The van der Waals surface area contributed by atoms with Crippen molar-refractivity contribution in [2.24, 2.45) is 29.6 Å². The first-order valence-corrected chi connectivity index (χ1v) is 13.8. The molecule has 0 saturated carbocycles. The van der Waals surface area contributed by atoms with Crippen molar-refractivity contribution in [1.29, 1.82) is 0 Å². The highest BCUT2D eigenvalue weighted by Crippen LogP contribution is 2.53. The molecule has 6 aliphatic rings. The van der Waals surface area contributed by atoms with Crippen LogP contribution in [0.1, 0.15) is 58.8 Å². The minimum Gasteiger partial charge on any atom is -0.492 e. The van der Waals surface area contributed by atoms with E-state index in [1.807, 2.05) is 0 Å². The predicted octanol–water partition coefficient (Wildman–Crippen LogP) is 3.79. The Morgan fingerprint density at radius 1 is 1.17 bits per heavy atom. The maximum atomic E-state index is 12.4. The van der Waals surface area contributed by atoms with E-state index in [1.165, 1.54) is 13.5 Å². The number of ether oxygens (including phenoxy) is 3. The third-order valence-electron chi connectivity index (χ3n) is 9.74. The van der Waals surface area contributed by atoms with E-state index in [0.717, 1.165) is 44.3 Å². The molecule has 6 rings (SSSR count). The normalized spacial score (nSPS) is 42.9. The number of hydrogen-bond donors (Lipinski definition) is 2. The summed E-state index contributed by atoms with van der Waals surface area (Å²) in [6.07, 6.45) is 14.0. The summed E-state index contributed by atoms with van der Waals surface area (Å²) >= 11 is 0. The average Bonchev–Trinajstić information content (AvgIpc) is 3.30. The fourth-order valence-corrected chi connectivity index (χ4v) is 8.09. The maximum Gasteiger partial charge on any atom is 0.345 e. The molecule has 5 heterocycles. The Bertz CT molecular complexity index is 1040. The topological polar surface area (TPSA) is 88.5 Å². The molecule has 2 bridgehead atoms. The number of cyclic esters (lactones) is 1. The number of rotatable bonds is 4. The van der Waals surface area contributed by atoms with E-state index in [0.29, 0.717) is 29.4 Å². The second-order valence-electron chi connectivity index (χ2n) is 11.7. The summed E-state index contributed by atoms with van der Waals surface area (Å²) in [5, 5.41) is 21.5. The molecule has 0 aromatic heterocycles. The van der Waals surface area contributed by atoms with E-state index in [2.05, 4.69) is 37.0 Å². The third-order valence-corrected chi connectivity index (χ3v) is 9.74. The van der Waals surface area contributed by atoms with Crippen molar-refractivity contribution < 1.29 is 29.2 Å². The molecule has 0 spiro atoms. The molecule has 0 aromatic rings. The van der Waals surface area contributed by atoms with Crippen LogP contribution in [0.2, 0.25) is 0 Å². The standard InChI is InChI=1S/C29H39NO6/c1-15-5-4-6-18(13-15)25(32)24-17-7-9-19-10-12-22-23(21(11-8-17)30(19)24)16(2)26(35-22)28-27(34-3)20(14-31)29(33)36-28/h4,6,12,15-19,21,23-25,31-32H,5,7-11,13-14H2,1-3H3/b28-26+/t15-,16+,17-,18-,19+,21+,23-,24+,25+/m1/s1. The Balaban J connectivity index is 1.35. The first-order chi connectivity index (χ1) is 17.4. The van der Waals surface area contributed by atoms with Crippen LogP contribution in [0.25, 0.3) is 0 Å². The van der Waals surface area contributed by atoms with Crippen molar-refractivity contribution in [3.05, 3.63) is 46.8 Å². The van der Waals surface area contributed by atoms with Gasteiger partial charge in [-0.1, -0.05) is 26.0 Å². The molecule has 9 atom stereocenters. The van der Waals surface area contributed by atoms with Gasteiger partial charge in [-0.15, -0.1) is 0 Å². The fraction of sp³-hybridized carbons (Fsp3) is 0.690. The molecule has 0 unspecified atom stereocenters. The van der Waals surface area contributed by atoms with Crippen LogP contribution in [0.15, 0.2) is 46.8 Å². The number of fused-ring (bicyclic) bond motifs is 3. The molecule has 1 aliphatic carbocycles. The van der Waals surface area contributed by atoms with E-state index < -0.39 is 12.6 Å². The molecule has 3 fully saturated rings. The molecule has 7 nitrogen and oxygen atoms in total. The van der Waals surface area contributed by atoms with Crippen LogP contribution in [-0.2, 0) is 19.0 Å². The van der Waals surface area contributed by atoms with Gasteiger partial charge in [0.25, 0.3) is 0 Å². The molecule has 7 heteroatoms. The minimum atomic E-state index is -0.580. The number of allylic oxidation sites excluding steroid dienone is 2. The molecule has 3 saturated heterocycles. The van der Waals surface area contributed by atoms with Gasteiger partial charge in [0.2, 0.25) is 5.76 Å². The number of esters is 1. The number of methoxy groups -OCH3 is 1. The third kappa shape index (κ3) is 3.69. The maximum absolute atomic E-state index is 12.4. The van der Waals surface area contributed by atoms with Gasteiger partial charge in [-0.25, -0.2) is 4.79 Å². The van der Waals surface area contributed by atoms with Crippen molar-refractivity contribution in [3.8, 4) is 0 Å². The van der Waals surface area contributed by atoms with Crippen molar-refractivity contribution >= 4 is 5.97 Å². The second-order valence-corrected chi connectivity index (χ2v) is 11.7. The number of piperidine rings is 2. The average molecular weight is 498 g/mol. The number of carbonyl (C=O) groups is 1. The van der Waals surface area contributed by atoms with E-state index in [-0.39, 0.29) is 47.3 Å². The van der Waals surface area contributed by atoms with Gasteiger partial charge < -0.3 is 24.4 Å². The largest absolute Gasteiger partial charge is 0.492 e. The first kappa shape index (κ1) is 24.3. The summed E-state index contributed by atoms with van der Waals surface area (Å²) in [7, 11) is 1.48. The summed E-state index contributed by atoms with van der Waals surface area (Å²) in [4.78, 5) is 15.0. The van der Waals surface area contributed by atoms with Crippen molar-refractivity contribution in [2.45, 2.75) is 83.0 Å². The predicted molar refractivity (Wildman–Crippen MR) is 133 cm³/mol. The van der Waals surface area contributed by atoms with Gasteiger partial charge in [-0.3, -0.25) is 4.90 Å². The lowest BCUT2D eigenvalue weighted by molar-refractivity contribution is -0.134. The number of aliphatic hydroxyl groups excluding tert-OH is 2. The summed E-state index contributed by atoms with van der Waals surface area (Å²) in [6, 6.07) is 0.849. The van der Waals surface area contributed by atoms with Gasteiger partial charge in [0.15, 0.2) is 11.5 Å². The Morgan fingerprint density at radius 2 is 1.97 bits per heavy atom. The van der Waals surface area contributed by atoms with Crippen LogP contribution >= 0.6 is 0 Å². The molecule has 0 aromatic carbocycles. The van der Waals surface area contributed by atoms with E-state index in [9.17, 15) is 15.0 Å². The van der Waals surface area contributed by atoms with Crippen LogP contribution in [0.4, 0.5) is 0 Å². The zero-order valence-electron chi connectivity index (χ0n) is 21.6. The van der Waals surface area contributed by atoms with Gasteiger partial charge in [0.05, 0.1) is 19.8 Å². The van der Waals surface area contributed by atoms with E-state index in [4.69, 9.17) is 14.2 Å². The number of carbonyl (C=O) groups excluding carboxylic acids is 1. The van der Waals surface area contributed by atoms with Crippen LogP contribution in [-0.4, -0.2) is 59.0 Å². The molecule has 36 heavy (non-hydrogen) atoms. The number of hydrogen-bond acceptors (Lipinski definition) is 7. The highest BCUT2D eigenvalue weighted by Gasteiger charge is 2.55. The summed E-state index contributed by atoms with van der Waals surface area (Å²) < 4.78 is 17.5. The van der Waals surface area contributed by atoms with Gasteiger partial charge in [-0.05, 0) is 62.9 Å². The molecule has 0 radical (unpaired) electrons. The summed E-state index contributed by atoms with van der Waals surface area (Å²) in [6.45, 7) is 3.99. The van der Waals surface area contributed by atoms with Gasteiger partial charge in [0.1, 0.15) is 11.3 Å². The number of aliphatic hydroxyl groups is 2. The van der Waals surface area contributed by atoms with Crippen LogP contribution in [0.3, 0.4) is 0 Å². The Hall–Kier alpha value is -2.09. The zero-order valence-corrected chi connectivity index (χ0v) is 21.6. The first-order valence-electron chi connectivity index (χ1n) is 13.8. The Labute approximate surface area is 213 Å². The van der Waals surface area contributed by atoms with Gasteiger partial charge in [0, 0.05) is 35.9 Å². The Kier molecular flexibility index (Phi) is 6.29. The highest BCUT2D eigenvalue weighted by atomic mass is 16.6. The van der Waals surface area contributed by atoms with Crippen LogP contribution < -0.4 is 0 Å². The van der Waals surface area contributed by atoms with Gasteiger partial charge >= 0.3 is 5.97 Å². The lowest BCUT2D eigenvalue weighted by Crippen LogP contribution is -2.65. The van der Waals surface area contributed by atoms with E-state index in [1.54, 1.807) is 0 Å². The van der Waals surface area contributed by atoms with Crippen LogP contribution in [0, 0.1) is 29.6 Å². The Morgan fingerprint density at radius 3 is 2.72 bits per heavy atom. The van der Waals surface area contributed by atoms with Crippen molar-refractivity contribution in [2.75, 3.05) is 13.7 Å². The van der Waals surface area contributed by atoms with Gasteiger partial charge in [-0.2, -0.15) is 0 Å². The van der Waals surface area contributed by atoms with Crippen LogP contribution in [0.5, 0.6) is 0 Å². The SMILES string of the molecule is COC1=C(CO)C(=O)O/C1=C1/OC2=CC[C@@H]3CC[C@@H]4CC[C@@H]([C@H]2[C@@H]1C)N3[C@@H]4[C@@H](O)[C@@H]1C=CC[C@@H](C)C1. The molecule has 5 aliphatic heterocycles. The molecular formula is C29H39NO6. The molecule has 0 amide bonds. The lowest BCUT2D eigenvalue weighted by atomic mass is 9.68.